The Morgan fingerprint density at radius 2 is 2.00 bits per heavy atom. The molecule has 0 spiro atoms. The Balaban J connectivity index is 1.67. The Bertz CT molecular complexity index is 695. The minimum absolute atomic E-state index is 0.277. The number of rotatable bonds is 4. The molecular formula is C17H22N4O2S. The molecule has 1 aliphatic rings. The van der Waals surface area contributed by atoms with Crippen LogP contribution in [0, 0.1) is 0 Å². The molecule has 0 radical (unpaired) electrons. The fourth-order valence-corrected chi connectivity index (χ4v) is 3.33. The minimum Gasteiger partial charge on any atom is -0.378 e. The number of morpholine rings is 1. The average molecular weight is 346 g/mol. The van der Waals surface area contributed by atoms with E-state index in [0.29, 0.717) is 24.3 Å². The smallest absolute Gasteiger partial charge is 0.325 e. The molecule has 2 aromatic rings. The minimum atomic E-state index is -0.277. The standard InChI is InChI=1S/C17H22N4O2S/c1-12(2)15-11-18-17(24-15)20-16(22)19-13-5-3-4-6-14(13)21-7-9-23-10-8-21/h3-6,11-12H,7-10H2,1-2H3,(H2,18,19,20,22). The Morgan fingerprint density at radius 1 is 1.25 bits per heavy atom. The van der Waals surface area contributed by atoms with Crippen molar-refractivity contribution in [1.82, 2.24) is 4.98 Å². The number of anilines is 3. The van der Waals surface area contributed by atoms with E-state index in [1.807, 2.05) is 30.5 Å². The molecular weight excluding hydrogens is 324 g/mol. The SMILES string of the molecule is CC(C)c1cnc(NC(=O)Nc2ccccc2N2CCOCC2)s1. The van der Waals surface area contributed by atoms with Crippen molar-refractivity contribution in [3.8, 4) is 0 Å². The maximum atomic E-state index is 12.3. The van der Waals surface area contributed by atoms with Crippen LogP contribution < -0.4 is 15.5 Å². The number of hydrogen-bond donors (Lipinski definition) is 2. The molecule has 128 valence electrons. The first-order valence-corrected chi connectivity index (χ1v) is 8.90. The molecule has 0 atom stereocenters. The number of para-hydroxylation sites is 2. The molecule has 2 heterocycles. The predicted octanol–water partition coefficient (Wildman–Crippen LogP) is 3.75. The number of ether oxygens (including phenoxy) is 1. The molecule has 2 N–H and O–H groups in total. The van der Waals surface area contributed by atoms with Crippen LogP contribution in [0.25, 0.3) is 0 Å². The normalized spacial score (nSPS) is 14.7. The van der Waals surface area contributed by atoms with Crippen molar-refractivity contribution < 1.29 is 9.53 Å². The Kier molecular flexibility index (Phi) is 5.32. The van der Waals surface area contributed by atoms with Gasteiger partial charge in [-0.2, -0.15) is 0 Å². The van der Waals surface area contributed by atoms with E-state index >= 15 is 0 Å². The summed E-state index contributed by atoms with van der Waals surface area (Å²) in [4.78, 5) is 19.9. The lowest BCUT2D eigenvalue weighted by molar-refractivity contribution is 0.123. The summed E-state index contributed by atoms with van der Waals surface area (Å²) in [6.07, 6.45) is 1.81. The number of carbonyl (C=O) groups excluding carboxylic acids is 1. The third-order valence-corrected chi connectivity index (χ3v) is 5.03. The second kappa shape index (κ2) is 7.63. The molecule has 6 nitrogen and oxygen atoms in total. The van der Waals surface area contributed by atoms with E-state index < -0.39 is 0 Å². The molecule has 0 aliphatic carbocycles. The maximum absolute atomic E-state index is 12.3. The molecule has 3 rings (SSSR count). The van der Waals surface area contributed by atoms with E-state index in [1.165, 1.54) is 11.3 Å². The van der Waals surface area contributed by atoms with E-state index in [1.54, 1.807) is 0 Å². The lowest BCUT2D eigenvalue weighted by Gasteiger charge is -2.30. The summed E-state index contributed by atoms with van der Waals surface area (Å²) in [5.41, 5.74) is 1.80. The second-order valence-corrected chi connectivity index (χ2v) is 6.98. The van der Waals surface area contributed by atoms with Gasteiger partial charge in [-0.3, -0.25) is 5.32 Å². The van der Waals surface area contributed by atoms with Gasteiger partial charge in [0.05, 0.1) is 24.6 Å². The van der Waals surface area contributed by atoms with Gasteiger partial charge < -0.3 is 15.0 Å². The summed E-state index contributed by atoms with van der Waals surface area (Å²) in [6.45, 7) is 7.27. The Labute approximate surface area is 145 Å². The van der Waals surface area contributed by atoms with Crippen molar-refractivity contribution in [2.24, 2.45) is 0 Å². The summed E-state index contributed by atoms with van der Waals surface area (Å²) in [6, 6.07) is 7.54. The Morgan fingerprint density at radius 3 is 2.71 bits per heavy atom. The highest BCUT2D eigenvalue weighted by Gasteiger charge is 2.16. The molecule has 2 amide bonds. The van der Waals surface area contributed by atoms with Crippen molar-refractivity contribution >= 4 is 33.9 Å². The topological polar surface area (TPSA) is 66.5 Å². The van der Waals surface area contributed by atoms with Crippen molar-refractivity contribution in [3.05, 3.63) is 35.3 Å². The number of aromatic nitrogens is 1. The van der Waals surface area contributed by atoms with Crippen molar-refractivity contribution in [2.45, 2.75) is 19.8 Å². The first-order chi connectivity index (χ1) is 11.6. The predicted molar refractivity (Wildman–Crippen MR) is 98.3 cm³/mol. The molecule has 1 aliphatic heterocycles. The van der Waals surface area contributed by atoms with Crippen LogP contribution >= 0.6 is 11.3 Å². The van der Waals surface area contributed by atoms with E-state index in [4.69, 9.17) is 4.74 Å². The van der Waals surface area contributed by atoms with E-state index in [0.717, 1.165) is 29.3 Å². The Hall–Kier alpha value is -2.12. The van der Waals surface area contributed by atoms with Gasteiger partial charge in [0.2, 0.25) is 0 Å². The maximum Gasteiger partial charge on any atom is 0.325 e. The molecule has 1 saturated heterocycles. The van der Waals surface area contributed by atoms with Gasteiger partial charge in [-0.1, -0.05) is 26.0 Å². The highest BCUT2D eigenvalue weighted by Crippen LogP contribution is 2.28. The van der Waals surface area contributed by atoms with Crippen molar-refractivity contribution in [3.63, 3.8) is 0 Å². The monoisotopic (exact) mass is 346 g/mol. The van der Waals surface area contributed by atoms with Crippen LogP contribution in [-0.2, 0) is 4.74 Å². The number of carbonyl (C=O) groups is 1. The van der Waals surface area contributed by atoms with Gasteiger partial charge in [-0.15, -0.1) is 11.3 Å². The number of nitrogens with zero attached hydrogens (tertiary/aromatic N) is 2. The molecule has 24 heavy (non-hydrogen) atoms. The largest absolute Gasteiger partial charge is 0.378 e. The second-order valence-electron chi connectivity index (χ2n) is 5.92. The molecule has 7 heteroatoms. The third kappa shape index (κ3) is 4.04. The number of thiazole rings is 1. The van der Waals surface area contributed by atoms with Crippen LogP contribution in [0.3, 0.4) is 0 Å². The van der Waals surface area contributed by atoms with E-state index in [9.17, 15) is 4.79 Å². The third-order valence-electron chi connectivity index (χ3n) is 3.82. The van der Waals surface area contributed by atoms with Crippen molar-refractivity contribution in [2.75, 3.05) is 41.8 Å². The van der Waals surface area contributed by atoms with Gasteiger partial charge in [0.15, 0.2) is 5.13 Å². The number of amides is 2. The van der Waals surface area contributed by atoms with Gasteiger partial charge in [0.25, 0.3) is 0 Å². The summed E-state index contributed by atoms with van der Waals surface area (Å²) in [5.74, 6) is 0.406. The summed E-state index contributed by atoms with van der Waals surface area (Å²) >= 11 is 1.50. The van der Waals surface area contributed by atoms with Crippen LogP contribution in [0.1, 0.15) is 24.6 Å². The number of benzene rings is 1. The fraction of sp³-hybridized carbons (Fsp3) is 0.412. The lowest BCUT2D eigenvalue weighted by atomic mass is 10.2. The summed E-state index contributed by atoms with van der Waals surface area (Å²) in [7, 11) is 0. The number of hydrogen-bond acceptors (Lipinski definition) is 5. The van der Waals surface area contributed by atoms with Gasteiger partial charge >= 0.3 is 6.03 Å². The molecule has 1 aromatic carbocycles. The van der Waals surface area contributed by atoms with Crippen LogP contribution in [0.2, 0.25) is 0 Å². The molecule has 1 fully saturated rings. The van der Waals surface area contributed by atoms with Gasteiger partial charge in [0.1, 0.15) is 0 Å². The van der Waals surface area contributed by atoms with Crippen LogP contribution in [0.15, 0.2) is 30.5 Å². The van der Waals surface area contributed by atoms with Crippen LogP contribution in [0.5, 0.6) is 0 Å². The average Bonchev–Trinajstić information content (AvgIpc) is 3.05. The van der Waals surface area contributed by atoms with Crippen LogP contribution in [0.4, 0.5) is 21.3 Å². The summed E-state index contributed by atoms with van der Waals surface area (Å²) < 4.78 is 5.39. The zero-order chi connectivity index (χ0) is 16.9. The first kappa shape index (κ1) is 16.7. The molecule has 0 bridgehead atoms. The highest BCUT2D eigenvalue weighted by atomic mass is 32.1. The quantitative estimate of drug-likeness (QED) is 0.885. The highest BCUT2D eigenvalue weighted by molar-refractivity contribution is 7.15. The fourth-order valence-electron chi connectivity index (χ4n) is 2.52. The van der Waals surface area contributed by atoms with Gasteiger partial charge in [-0.05, 0) is 18.1 Å². The first-order valence-electron chi connectivity index (χ1n) is 8.09. The summed E-state index contributed by atoms with van der Waals surface area (Å²) in [5, 5.41) is 6.35. The van der Waals surface area contributed by atoms with Crippen LogP contribution in [-0.4, -0.2) is 37.3 Å². The number of urea groups is 1. The van der Waals surface area contributed by atoms with E-state index in [2.05, 4.69) is 34.4 Å². The molecule has 0 saturated carbocycles. The van der Waals surface area contributed by atoms with Crippen molar-refractivity contribution in [1.29, 1.82) is 0 Å². The zero-order valence-electron chi connectivity index (χ0n) is 13.9. The molecule has 1 aromatic heterocycles. The van der Waals surface area contributed by atoms with E-state index in [-0.39, 0.29) is 6.03 Å². The van der Waals surface area contributed by atoms with Gasteiger partial charge in [-0.25, -0.2) is 9.78 Å². The number of nitrogens with one attached hydrogen (secondary N) is 2. The lowest BCUT2D eigenvalue weighted by Crippen LogP contribution is -2.36. The zero-order valence-corrected chi connectivity index (χ0v) is 14.7. The molecule has 0 unspecified atom stereocenters. The van der Waals surface area contributed by atoms with Gasteiger partial charge in [0, 0.05) is 24.2 Å².